The van der Waals surface area contributed by atoms with E-state index in [2.05, 4.69) is 69.5 Å². The molecule has 0 heterocycles. The molecular formula is C15H27N3. The second kappa shape index (κ2) is 6.32. The lowest BCUT2D eigenvalue weighted by Gasteiger charge is -2.42. The van der Waals surface area contributed by atoms with Crippen LogP contribution in [0.2, 0.25) is 0 Å². The second-order valence-corrected chi connectivity index (χ2v) is 5.51. The Morgan fingerprint density at radius 3 is 2.22 bits per heavy atom. The Balaban J connectivity index is 2.87. The Labute approximate surface area is 111 Å². The molecule has 0 bridgehead atoms. The van der Waals surface area contributed by atoms with E-state index in [0.29, 0.717) is 0 Å². The lowest BCUT2D eigenvalue weighted by atomic mass is 9.84. The average molecular weight is 249 g/mol. The summed E-state index contributed by atoms with van der Waals surface area (Å²) in [5.41, 5.74) is 5.67. The van der Waals surface area contributed by atoms with Crippen LogP contribution >= 0.6 is 0 Å². The third-order valence-corrected chi connectivity index (χ3v) is 4.25. The molecule has 0 spiro atoms. The van der Waals surface area contributed by atoms with Gasteiger partial charge in [0.05, 0.1) is 0 Å². The summed E-state index contributed by atoms with van der Waals surface area (Å²) >= 11 is 0. The summed E-state index contributed by atoms with van der Waals surface area (Å²) in [7, 11) is 4.23. The molecule has 0 aliphatic rings. The van der Waals surface area contributed by atoms with Crippen molar-refractivity contribution in [2.75, 3.05) is 14.1 Å². The highest BCUT2D eigenvalue weighted by Gasteiger charge is 2.33. The smallest absolute Gasteiger partial charge is 0.0432 e. The van der Waals surface area contributed by atoms with Gasteiger partial charge in [0.25, 0.3) is 0 Å². The van der Waals surface area contributed by atoms with Crippen molar-refractivity contribution in [3.63, 3.8) is 0 Å². The number of likely N-dealkylation sites (N-methyl/N-ethyl adjacent to an activating group) is 1. The number of hydrazine groups is 1. The summed E-state index contributed by atoms with van der Waals surface area (Å²) in [6.07, 6.45) is 2.00. The van der Waals surface area contributed by atoms with Crippen molar-refractivity contribution in [1.29, 1.82) is 0 Å². The maximum Gasteiger partial charge on any atom is 0.0432 e. The first kappa shape index (κ1) is 15.2. The average Bonchev–Trinajstić information content (AvgIpc) is 2.37. The molecule has 0 aliphatic carbocycles. The minimum atomic E-state index is 0.0552. The van der Waals surface area contributed by atoms with E-state index in [1.807, 2.05) is 0 Å². The predicted octanol–water partition coefficient (Wildman–Crippen LogP) is 2.10. The quantitative estimate of drug-likeness (QED) is 0.599. The zero-order valence-corrected chi connectivity index (χ0v) is 12.3. The van der Waals surface area contributed by atoms with Gasteiger partial charge >= 0.3 is 0 Å². The van der Waals surface area contributed by atoms with E-state index in [1.165, 1.54) is 11.1 Å². The molecule has 0 fully saturated rings. The van der Waals surface area contributed by atoms with Gasteiger partial charge in [0.1, 0.15) is 0 Å². The van der Waals surface area contributed by atoms with Gasteiger partial charge in [-0.25, -0.2) is 0 Å². The first-order valence-corrected chi connectivity index (χ1v) is 6.63. The Morgan fingerprint density at radius 2 is 1.83 bits per heavy atom. The standard InChI is InChI=1S/C15H27N3/c1-6-15(3,18(4)5)14(17-16)11-13-9-7-12(2)8-10-13/h7-10,14,17H,6,11,16H2,1-5H3. The van der Waals surface area contributed by atoms with Gasteiger partial charge in [-0.3, -0.25) is 11.3 Å². The first-order valence-electron chi connectivity index (χ1n) is 6.63. The van der Waals surface area contributed by atoms with Gasteiger partial charge in [-0.1, -0.05) is 36.8 Å². The monoisotopic (exact) mass is 249 g/mol. The fourth-order valence-electron chi connectivity index (χ4n) is 2.29. The van der Waals surface area contributed by atoms with Crippen LogP contribution in [0.1, 0.15) is 31.4 Å². The normalized spacial score (nSPS) is 16.6. The van der Waals surface area contributed by atoms with Crippen LogP contribution in [0.5, 0.6) is 0 Å². The van der Waals surface area contributed by atoms with E-state index in [0.717, 1.165) is 12.8 Å². The fraction of sp³-hybridized carbons (Fsp3) is 0.600. The molecule has 0 saturated carbocycles. The van der Waals surface area contributed by atoms with Crippen molar-refractivity contribution in [3.8, 4) is 0 Å². The van der Waals surface area contributed by atoms with E-state index < -0.39 is 0 Å². The van der Waals surface area contributed by atoms with E-state index in [1.54, 1.807) is 0 Å². The van der Waals surface area contributed by atoms with Crippen LogP contribution in [0.15, 0.2) is 24.3 Å². The molecule has 3 N–H and O–H groups in total. The molecule has 0 radical (unpaired) electrons. The molecular weight excluding hydrogens is 222 g/mol. The molecule has 18 heavy (non-hydrogen) atoms. The summed E-state index contributed by atoms with van der Waals surface area (Å²) in [5.74, 6) is 5.77. The number of benzene rings is 1. The third-order valence-electron chi connectivity index (χ3n) is 4.25. The van der Waals surface area contributed by atoms with Crippen LogP contribution in [0.4, 0.5) is 0 Å². The molecule has 0 aromatic heterocycles. The zero-order chi connectivity index (χ0) is 13.8. The highest BCUT2D eigenvalue weighted by Crippen LogP contribution is 2.23. The highest BCUT2D eigenvalue weighted by atomic mass is 15.3. The zero-order valence-electron chi connectivity index (χ0n) is 12.3. The number of nitrogens with zero attached hydrogens (tertiary/aromatic N) is 1. The van der Waals surface area contributed by atoms with Crippen molar-refractivity contribution >= 4 is 0 Å². The summed E-state index contributed by atoms with van der Waals surface area (Å²) in [6, 6.07) is 8.92. The number of hydrogen-bond acceptors (Lipinski definition) is 3. The Hall–Kier alpha value is -0.900. The van der Waals surface area contributed by atoms with E-state index in [4.69, 9.17) is 5.84 Å². The van der Waals surface area contributed by atoms with Gasteiger partial charge in [-0.05, 0) is 46.3 Å². The molecule has 1 rings (SSSR count). The molecule has 102 valence electrons. The molecule has 0 amide bonds. The van der Waals surface area contributed by atoms with Crippen LogP contribution < -0.4 is 11.3 Å². The van der Waals surface area contributed by atoms with Gasteiger partial charge in [0.15, 0.2) is 0 Å². The Kier molecular flexibility index (Phi) is 5.32. The molecule has 3 nitrogen and oxygen atoms in total. The number of rotatable bonds is 6. The van der Waals surface area contributed by atoms with Gasteiger partial charge < -0.3 is 4.90 Å². The van der Waals surface area contributed by atoms with Gasteiger partial charge in [-0.15, -0.1) is 0 Å². The minimum Gasteiger partial charge on any atom is -0.302 e. The van der Waals surface area contributed by atoms with E-state index in [9.17, 15) is 0 Å². The van der Waals surface area contributed by atoms with E-state index >= 15 is 0 Å². The third kappa shape index (κ3) is 3.31. The van der Waals surface area contributed by atoms with Gasteiger partial charge in [0.2, 0.25) is 0 Å². The summed E-state index contributed by atoms with van der Waals surface area (Å²) in [4.78, 5) is 2.26. The summed E-state index contributed by atoms with van der Waals surface area (Å²) < 4.78 is 0. The number of nitrogens with one attached hydrogen (secondary N) is 1. The highest BCUT2D eigenvalue weighted by molar-refractivity contribution is 5.22. The fourth-order valence-corrected chi connectivity index (χ4v) is 2.29. The molecule has 1 aromatic rings. The lowest BCUT2D eigenvalue weighted by Crippen LogP contribution is -2.59. The summed E-state index contributed by atoms with van der Waals surface area (Å²) in [5, 5.41) is 0. The van der Waals surface area contributed by atoms with Gasteiger partial charge in [-0.2, -0.15) is 0 Å². The van der Waals surface area contributed by atoms with Gasteiger partial charge in [0, 0.05) is 11.6 Å². The van der Waals surface area contributed by atoms with Crippen LogP contribution in [-0.2, 0) is 6.42 Å². The van der Waals surface area contributed by atoms with Crippen molar-refractivity contribution in [2.45, 2.75) is 45.2 Å². The topological polar surface area (TPSA) is 41.3 Å². The summed E-state index contributed by atoms with van der Waals surface area (Å²) in [6.45, 7) is 6.57. The predicted molar refractivity (Wildman–Crippen MR) is 78.4 cm³/mol. The van der Waals surface area contributed by atoms with Crippen LogP contribution in [0.25, 0.3) is 0 Å². The maximum atomic E-state index is 5.77. The number of hydrogen-bond donors (Lipinski definition) is 2. The number of aryl methyl sites for hydroxylation is 1. The Bertz CT molecular complexity index is 359. The van der Waals surface area contributed by atoms with Crippen molar-refractivity contribution < 1.29 is 0 Å². The largest absolute Gasteiger partial charge is 0.302 e. The van der Waals surface area contributed by atoms with Crippen molar-refractivity contribution in [2.24, 2.45) is 5.84 Å². The molecule has 0 saturated heterocycles. The molecule has 2 unspecified atom stereocenters. The molecule has 1 aromatic carbocycles. The van der Waals surface area contributed by atoms with E-state index in [-0.39, 0.29) is 11.6 Å². The first-order chi connectivity index (χ1) is 8.43. The Morgan fingerprint density at radius 1 is 1.28 bits per heavy atom. The van der Waals surface area contributed by atoms with Crippen molar-refractivity contribution in [3.05, 3.63) is 35.4 Å². The lowest BCUT2D eigenvalue weighted by molar-refractivity contribution is 0.112. The molecule has 0 aliphatic heterocycles. The molecule has 2 atom stereocenters. The van der Waals surface area contributed by atoms with Crippen LogP contribution in [-0.4, -0.2) is 30.6 Å². The SMILES string of the molecule is CCC(C)(C(Cc1ccc(C)cc1)NN)N(C)C. The van der Waals surface area contributed by atoms with Crippen molar-refractivity contribution in [1.82, 2.24) is 10.3 Å². The van der Waals surface area contributed by atoms with Crippen LogP contribution in [0, 0.1) is 6.92 Å². The number of nitrogens with two attached hydrogens (primary N) is 1. The maximum absolute atomic E-state index is 5.77. The van der Waals surface area contributed by atoms with Crippen LogP contribution in [0.3, 0.4) is 0 Å². The minimum absolute atomic E-state index is 0.0552. The molecule has 3 heteroatoms. The second-order valence-electron chi connectivity index (χ2n) is 5.51.